The standard InChI is InChI=1S/C17H21NO3S/c1-4-13-10-15(19)11-14(5-2)17(13)18-22(20,21)16-8-6-12(3)7-9-16/h6-11,18-19H,4-5H2,1-3H3. The van der Waals surface area contributed by atoms with Gasteiger partial charge in [-0.05, 0) is 55.2 Å². The highest BCUT2D eigenvalue weighted by Gasteiger charge is 2.18. The summed E-state index contributed by atoms with van der Waals surface area (Å²) < 4.78 is 27.8. The van der Waals surface area contributed by atoms with Crippen LogP contribution in [-0.2, 0) is 22.9 Å². The van der Waals surface area contributed by atoms with Crippen molar-refractivity contribution < 1.29 is 13.5 Å². The van der Waals surface area contributed by atoms with Crippen molar-refractivity contribution in [1.82, 2.24) is 0 Å². The second-order valence-electron chi connectivity index (χ2n) is 5.26. The predicted octanol–water partition coefficient (Wildman–Crippen LogP) is 3.63. The summed E-state index contributed by atoms with van der Waals surface area (Å²) in [7, 11) is -3.64. The van der Waals surface area contributed by atoms with Crippen molar-refractivity contribution in [2.24, 2.45) is 0 Å². The molecule has 0 amide bonds. The Kier molecular flexibility index (Phi) is 4.76. The SMILES string of the molecule is CCc1cc(O)cc(CC)c1NS(=O)(=O)c1ccc(C)cc1. The van der Waals surface area contributed by atoms with E-state index < -0.39 is 10.0 Å². The van der Waals surface area contributed by atoms with E-state index in [0.29, 0.717) is 18.5 Å². The molecule has 5 heteroatoms. The van der Waals surface area contributed by atoms with Gasteiger partial charge >= 0.3 is 0 Å². The van der Waals surface area contributed by atoms with Gasteiger partial charge in [-0.25, -0.2) is 8.42 Å². The topological polar surface area (TPSA) is 66.4 Å². The number of rotatable bonds is 5. The van der Waals surface area contributed by atoms with E-state index in [4.69, 9.17) is 0 Å². The first-order chi connectivity index (χ1) is 10.4. The van der Waals surface area contributed by atoms with Crippen molar-refractivity contribution in [3.63, 3.8) is 0 Å². The Morgan fingerprint density at radius 3 is 1.95 bits per heavy atom. The summed E-state index contributed by atoms with van der Waals surface area (Å²) in [4.78, 5) is 0.232. The fourth-order valence-corrected chi connectivity index (χ4v) is 3.49. The molecule has 0 aromatic heterocycles. The molecule has 0 aliphatic heterocycles. The fraction of sp³-hybridized carbons (Fsp3) is 0.294. The van der Waals surface area contributed by atoms with Gasteiger partial charge < -0.3 is 5.11 Å². The van der Waals surface area contributed by atoms with Gasteiger partial charge in [0.25, 0.3) is 10.0 Å². The Bertz CT molecular complexity index is 740. The van der Waals surface area contributed by atoms with E-state index in [1.165, 1.54) is 0 Å². The summed E-state index contributed by atoms with van der Waals surface area (Å²) in [5, 5.41) is 9.75. The zero-order chi connectivity index (χ0) is 16.3. The van der Waals surface area contributed by atoms with E-state index in [1.54, 1.807) is 36.4 Å². The molecule has 0 saturated carbocycles. The Hall–Kier alpha value is -2.01. The number of aryl methyl sites for hydroxylation is 3. The largest absolute Gasteiger partial charge is 0.508 e. The molecule has 0 unspecified atom stereocenters. The first-order valence-electron chi connectivity index (χ1n) is 7.31. The van der Waals surface area contributed by atoms with Crippen LogP contribution in [0.15, 0.2) is 41.3 Å². The van der Waals surface area contributed by atoms with Crippen LogP contribution < -0.4 is 4.72 Å². The maximum absolute atomic E-state index is 12.6. The van der Waals surface area contributed by atoms with Crippen molar-refractivity contribution in [1.29, 1.82) is 0 Å². The highest BCUT2D eigenvalue weighted by Crippen LogP contribution is 2.30. The molecule has 0 fully saturated rings. The quantitative estimate of drug-likeness (QED) is 0.827. The molecule has 2 N–H and O–H groups in total. The molecule has 4 nitrogen and oxygen atoms in total. The molecular formula is C17H21NO3S. The third kappa shape index (κ3) is 3.42. The van der Waals surface area contributed by atoms with Gasteiger partial charge in [0.2, 0.25) is 0 Å². The summed E-state index contributed by atoms with van der Waals surface area (Å²) in [5.41, 5.74) is 3.15. The molecule has 0 radical (unpaired) electrons. The molecule has 0 heterocycles. The zero-order valence-corrected chi connectivity index (χ0v) is 13.9. The van der Waals surface area contributed by atoms with Crippen LogP contribution in [0, 0.1) is 6.92 Å². The Morgan fingerprint density at radius 2 is 1.50 bits per heavy atom. The molecule has 2 rings (SSSR count). The van der Waals surface area contributed by atoms with Gasteiger partial charge in [-0.1, -0.05) is 31.5 Å². The van der Waals surface area contributed by atoms with Crippen LogP contribution in [0.3, 0.4) is 0 Å². The lowest BCUT2D eigenvalue weighted by molar-refractivity contribution is 0.474. The Morgan fingerprint density at radius 1 is 1.00 bits per heavy atom. The van der Waals surface area contributed by atoms with Crippen molar-refractivity contribution >= 4 is 15.7 Å². The van der Waals surface area contributed by atoms with Crippen LogP contribution >= 0.6 is 0 Å². The molecular weight excluding hydrogens is 298 g/mol. The maximum Gasteiger partial charge on any atom is 0.261 e. The highest BCUT2D eigenvalue weighted by molar-refractivity contribution is 7.92. The average molecular weight is 319 g/mol. The minimum Gasteiger partial charge on any atom is -0.508 e. The lowest BCUT2D eigenvalue weighted by atomic mass is 10.0. The Balaban J connectivity index is 2.47. The van der Waals surface area contributed by atoms with E-state index in [2.05, 4.69) is 4.72 Å². The number of nitrogens with one attached hydrogen (secondary N) is 1. The van der Waals surface area contributed by atoms with Crippen LogP contribution in [0.4, 0.5) is 5.69 Å². The molecule has 0 bridgehead atoms. The van der Waals surface area contributed by atoms with Crippen molar-refractivity contribution in [2.75, 3.05) is 4.72 Å². The number of hydrogen-bond donors (Lipinski definition) is 2. The predicted molar refractivity (Wildman–Crippen MR) is 88.9 cm³/mol. The number of phenols is 1. The van der Waals surface area contributed by atoms with Crippen molar-refractivity contribution in [3.05, 3.63) is 53.1 Å². The summed E-state index contributed by atoms with van der Waals surface area (Å²) >= 11 is 0. The highest BCUT2D eigenvalue weighted by atomic mass is 32.2. The fourth-order valence-electron chi connectivity index (χ4n) is 2.35. The van der Waals surface area contributed by atoms with E-state index in [9.17, 15) is 13.5 Å². The van der Waals surface area contributed by atoms with Crippen LogP contribution in [0.1, 0.15) is 30.5 Å². The molecule has 22 heavy (non-hydrogen) atoms. The van der Waals surface area contributed by atoms with Gasteiger partial charge in [0, 0.05) is 0 Å². The molecule has 0 aliphatic carbocycles. The summed E-state index contributed by atoms with van der Waals surface area (Å²) in [6, 6.07) is 9.93. The summed E-state index contributed by atoms with van der Waals surface area (Å²) in [6.07, 6.45) is 1.26. The number of phenolic OH excluding ortho intramolecular Hbond substituents is 1. The number of aromatic hydroxyl groups is 1. The smallest absolute Gasteiger partial charge is 0.261 e. The summed E-state index contributed by atoms with van der Waals surface area (Å²) in [5.74, 6) is 0.159. The minimum atomic E-state index is -3.64. The third-order valence-corrected chi connectivity index (χ3v) is 4.98. The number of anilines is 1. The lowest BCUT2D eigenvalue weighted by Crippen LogP contribution is -2.15. The first kappa shape index (κ1) is 16.4. The third-order valence-electron chi connectivity index (χ3n) is 3.62. The van der Waals surface area contributed by atoms with Gasteiger partial charge in [-0.3, -0.25) is 4.72 Å². The molecule has 0 atom stereocenters. The number of benzene rings is 2. The molecule has 118 valence electrons. The zero-order valence-electron chi connectivity index (χ0n) is 13.1. The Labute approximate surface area is 131 Å². The molecule has 0 spiro atoms. The van der Waals surface area contributed by atoms with Gasteiger partial charge in [-0.2, -0.15) is 0 Å². The second kappa shape index (κ2) is 6.40. The maximum atomic E-state index is 12.6. The van der Waals surface area contributed by atoms with Crippen LogP contribution in [0.2, 0.25) is 0 Å². The van der Waals surface area contributed by atoms with Gasteiger partial charge in [-0.15, -0.1) is 0 Å². The van der Waals surface area contributed by atoms with Gasteiger partial charge in [0.05, 0.1) is 10.6 Å². The van der Waals surface area contributed by atoms with E-state index in [1.807, 2.05) is 20.8 Å². The minimum absolute atomic E-state index is 0.159. The average Bonchev–Trinajstić information content (AvgIpc) is 2.48. The van der Waals surface area contributed by atoms with E-state index in [0.717, 1.165) is 16.7 Å². The normalized spacial score (nSPS) is 11.4. The first-order valence-corrected chi connectivity index (χ1v) is 8.80. The van der Waals surface area contributed by atoms with E-state index in [-0.39, 0.29) is 10.6 Å². The van der Waals surface area contributed by atoms with E-state index >= 15 is 0 Å². The van der Waals surface area contributed by atoms with Crippen LogP contribution in [0.5, 0.6) is 5.75 Å². The number of hydrogen-bond acceptors (Lipinski definition) is 3. The molecule has 2 aromatic carbocycles. The monoisotopic (exact) mass is 319 g/mol. The van der Waals surface area contributed by atoms with Crippen molar-refractivity contribution in [3.8, 4) is 5.75 Å². The van der Waals surface area contributed by atoms with Crippen molar-refractivity contribution in [2.45, 2.75) is 38.5 Å². The van der Waals surface area contributed by atoms with Gasteiger partial charge in [0.15, 0.2) is 0 Å². The molecule has 0 aliphatic rings. The molecule has 0 saturated heterocycles. The van der Waals surface area contributed by atoms with Gasteiger partial charge in [0.1, 0.15) is 5.75 Å². The number of sulfonamides is 1. The summed E-state index contributed by atoms with van der Waals surface area (Å²) in [6.45, 7) is 5.77. The van der Waals surface area contributed by atoms with Crippen LogP contribution in [0.25, 0.3) is 0 Å². The van der Waals surface area contributed by atoms with Crippen LogP contribution in [-0.4, -0.2) is 13.5 Å². The molecule has 2 aromatic rings. The lowest BCUT2D eigenvalue weighted by Gasteiger charge is -2.16. The second-order valence-corrected chi connectivity index (χ2v) is 6.95.